The van der Waals surface area contributed by atoms with Gasteiger partial charge in [-0.15, -0.1) is 0 Å². The number of carbonyl (C=O) groups is 2. The molecule has 0 aromatic heterocycles. The number of amides is 3. The Morgan fingerprint density at radius 1 is 1.13 bits per heavy atom. The lowest BCUT2D eigenvalue weighted by Crippen LogP contribution is -2.41. The summed E-state index contributed by atoms with van der Waals surface area (Å²) in [5.74, 6) is -0.112. The zero-order valence-electron chi connectivity index (χ0n) is 12.4. The second-order valence-corrected chi connectivity index (χ2v) is 6.16. The summed E-state index contributed by atoms with van der Waals surface area (Å²) in [4.78, 5) is 25.9. The third-order valence-electron chi connectivity index (χ3n) is 3.67. The van der Waals surface area contributed by atoms with E-state index in [1.807, 2.05) is 36.4 Å². The quantitative estimate of drug-likeness (QED) is 0.867. The highest BCUT2D eigenvalue weighted by Crippen LogP contribution is 2.27. The van der Waals surface area contributed by atoms with E-state index in [-0.39, 0.29) is 12.5 Å². The normalized spacial score (nSPS) is 12.7. The van der Waals surface area contributed by atoms with Crippen molar-refractivity contribution in [3.8, 4) is 0 Å². The number of para-hydroxylation sites is 1. The number of anilines is 2. The fraction of sp³-hybridized carbons (Fsp3) is 0.176. The van der Waals surface area contributed by atoms with Crippen LogP contribution in [-0.4, -0.2) is 25.0 Å². The average Bonchev–Trinajstić information content (AvgIpc) is 2.97. The molecule has 3 rings (SSSR count). The van der Waals surface area contributed by atoms with E-state index in [2.05, 4.69) is 26.6 Å². The summed E-state index contributed by atoms with van der Waals surface area (Å²) in [5, 5.41) is 5.30. The van der Waals surface area contributed by atoms with E-state index < -0.39 is 6.03 Å². The molecule has 2 aromatic rings. The molecule has 1 aliphatic rings. The standard InChI is InChI=1S/C17H16BrN3O2/c18-13-5-3-6-14(10-13)20-17(23)19-11-16(22)21-9-8-12-4-1-2-7-15(12)21/h1-7,10H,8-9,11H2,(H2,19,20,23). The summed E-state index contributed by atoms with van der Waals surface area (Å²) in [7, 11) is 0. The minimum atomic E-state index is -0.399. The number of benzene rings is 2. The Bertz CT molecular complexity index is 748. The van der Waals surface area contributed by atoms with Crippen molar-refractivity contribution < 1.29 is 9.59 Å². The van der Waals surface area contributed by atoms with Crippen molar-refractivity contribution >= 4 is 39.2 Å². The number of halogens is 1. The molecule has 0 fully saturated rings. The Labute approximate surface area is 142 Å². The van der Waals surface area contributed by atoms with Crippen LogP contribution in [-0.2, 0) is 11.2 Å². The SMILES string of the molecule is O=C(NCC(=O)N1CCc2ccccc21)Nc1cccc(Br)c1. The first-order chi connectivity index (χ1) is 11.1. The van der Waals surface area contributed by atoms with Gasteiger partial charge in [-0.05, 0) is 36.2 Å². The number of hydrogen-bond acceptors (Lipinski definition) is 2. The second-order valence-electron chi connectivity index (χ2n) is 5.24. The first-order valence-electron chi connectivity index (χ1n) is 7.32. The molecule has 0 atom stereocenters. The van der Waals surface area contributed by atoms with Crippen molar-refractivity contribution in [3.63, 3.8) is 0 Å². The van der Waals surface area contributed by atoms with Crippen molar-refractivity contribution in [2.45, 2.75) is 6.42 Å². The molecule has 0 bridgehead atoms. The molecule has 0 unspecified atom stereocenters. The van der Waals surface area contributed by atoms with Gasteiger partial charge in [-0.2, -0.15) is 0 Å². The van der Waals surface area contributed by atoms with E-state index in [9.17, 15) is 9.59 Å². The maximum absolute atomic E-state index is 12.3. The van der Waals surface area contributed by atoms with Gasteiger partial charge in [0.2, 0.25) is 5.91 Å². The van der Waals surface area contributed by atoms with Crippen molar-refractivity contribution in [3.05, 3.63) is 58.6 Å². The van der Waals surface area contributed by atoms with Gasteiger partial charge in [-0.3, -0.25) is 4.79 Å². The third-order valence-corrected chi connectivity index (χ3v) is 4.16. The molecular weight excluding hydrogens is 358 g/mol. The molecule has 1 aliphatic heterocycles. The predicted molar refractivity (Wildman–Crippen MR) is 93.7 cm³/mol. The van der Waals surface area contributed by atoms with Gasteiger partial charge in [0, 0.05) is 22.4 Å². The minimum Gasteiger partial charge on any atom is -0.329 e. The van der Waals surface area contributed by atoms with E-state index in [0.717, 1.165) is 16.6 Å². The maximum Gasteiger partial charge on any atom is 0.319 e. The number of urea groups is 1. The summed E-state index contributed by atoms with van der Waals surface area (Å²) < 4.78 is 0.875. The van der Waals surface area contributed by atoms with Gasteiger partial charge in [0.1, 0.15) is 0 Å². The van der Waals surface area contributed by atoms with Gasteiger partial charge in [0.05, 0.1) is 6.54 Å². The van der Waals surface area contributed by atoms with Crippen LogP contribution in [0.1, 0.15) is 5.56 Å². The highest BCUT2D eigenvalue weighted by molar-refractivity contribution is 9.10. The molecule has 23 heavy (non-hydrogen) atoms. The number of fused-ring (bicyclic) bond motifs is 1. The zero-order valence-corrected chi connectivity index (χ0v) is 14.0. The van der Waals surface area contributed by atoms with Crippen molar-refractivity contribution in [2.24, 2.45) is 0 Å². The number of rotatable bonds is 3. The highest BCUT2D eigenvalue weighted by Gasteiger charge is 2.24. The molecule has 1 heterocycles. The summed E-state index contributed by atoms with van der Waals surface area (Å²) in [6.45, 7) is 0.626. The van der Waals surface area contributed by atoms with E-state index in [4.69, 9.17) is 0 Å². The number of carbonyl (C=O) groups excluding carboxylic acids is 2. The summed E-state index contributed by atoms with van der Waals surface area (Å²) in [6.07, 6.45) is 0.853. The molecule has 3 amide bonds. The average molecular weight is 374 g/mol. The Kier molecular flexibility index (Phi) is 4.62. The van der Waals surface area contributed by atoms with Crippen LogP contribution >= 0.6 is 15.9 Å². The van der Waals surface area contributed by atoms with Crippen LogP contribution in [0.25, 0.3) is 0 Å². The number of nitrogens with zero attached hydrogens (tertiary/aromatic N) is 1. The third kappa shape index (κ3) is 3.71. The lowest BCUT2D eigenvalue weighted by Gasteiger charge is -2.17. The second kappa shape index (κ2) is 6.83. The smallest absolute Gasteiger partial charge is 0.319 e. The molecule has 2 aromatic carbocycles. The fourth-order valence-electron chi connectivity index (χ4n) is 2.59. The first-order valence-corrected chi connectivity index (χ1v) is 8.11. The van der Waals surface area contributed by atoms with Gasteiger partial charge in [0.25, 0.3) is 0 Å². The van der Waals surface area contributed by atoms with E-state index in [1.54, 1.807) is 17.0 Å². The van der Waals surface area contributed by atoms with Crippen LogP contribution in [0.3, 0.4) is 0 Å². The highest BCUT2D eigenvalue weighted by atomic mass is 79.9. The van der Waals surface area contributed by atoms with Crippen molar-refractivity contribution in [2.75, 3.05) is 23.3 Å². The van der Waals surface area contributed by atoms with Crippen LogP contribution in [0.2, 0.25) is 0 Å². The Hall–Kier alpha value is -2.34. The molecule has 118 valence electrons. The summed E-state index contributed by atoms with van der Waals surface area (Å²) in [6, 6.07) is 14.7. The maximum atomic E-state index is 12.3. The summed E-state index contributed by atoms with van der Waals surface area (Å²) >= 11 is 3.34. The molecule has 0 radical (unpaired) electrons. The van der Waals surface area contributed by atoms with Crippen LogP contribution < -0.4 is 15.5 Å². The van der Waals surface area contributed by atoms with Crippen molar-refractivity contribution in [1.29, 1.82) is 0 Å². The molecular formula is C17H16BrN3O2. The Morgan fingerprint density at radius 2 is 1.96 bits per heavy atom. The fourth-order valence-corrected chi connectivity index (χ4v) is 2.99. The molecule has 2 N–H and O–H groups in total. The predicted octanol–water partition coefficient (Wildman–Crippen LogP) is 3.16. The van der Waals surface area contributed by atoms with Gasteiger partial charge < -0.3 is 15.5 Å². The number of nitrogens with one attached hydrogen (secondary N) is 2. The van der Waals surface area contributed by atoms with Gasteiger partial charge >= 0.3 is 6.03 Å². The largest absolute Gasteiger partial charge is 0.329 e. The molecule has 0 saturated heterocycles. The Balaban J connectivity index is 1.54. The Morgan fingerprint density at radius 3 is 2.78 bits per heavy atom. The van der Waals surface area contributed by atoms with Crippen LogP contribution in [0.15, 0.2) is 53.0 Å². The van der Waals surface area contributed by atoms with Crippen molar-refractivity contribution in [1.82, 2.24) is 5.32 Å². The first kappa shape index (κ1) is 15.6. The molecule has 5 nitrogen and oxygen atoms in total. The summed E-state index contributed by atoms with van der Waals surface area (Å²) in [5.41, 5.74) is 2.77. The van der Waals surface area contributed by atoms with E-state index in [1.165, 1.54) is 5.56 Å². The molecule has 6 heteroatoms. The van der Waals surface area contributed by atoms with Gasteiger partial charge in [0.15, 0.2) is 0 Å². The zero-order chi connectivity index (χ0) is 16.2. The topological polar surface area (TPSA) is 61.4 Å². The van der Waals surface area contributed by atoms with Gasteiger partial charge in [-0.1, -0.05) is 40.2 Å². The molecule has 0 aliphatic carbocycles. The molecule has 0 spiro atoms. The lowest BCUT2D eigenvalue weighted by molar-refractivity contribution is -0.117. The van der Waals surface area contributed by atoms with Crippen LogP contribution in [0, 0.1) is 0 Å². The monoisotopic (exact) mass is 373 g/mol. The van der Waals surface area contributed by atoms with E-state index in [0.29, 0.717) is 12.2 Å². The van der Waals surface area contributed by atoms with Crippen LogP contribution in [0.4, 0.5) is 16.2 Å². The van der Waals surface area contributed by atoms with Gasteiger partial charge in [-0.25, -0.2) is 4.79 Å². The number of hydrogen-bond donors (Lipinski definition) is 2. The van der Waals surface area contributed by atoms with Crippen LogP contribution in [0.5, 0.6) is 0 Å². The minimum absolute atomic E-state index is 0.0336. The lowest BCUT2D eigenvalue weighted by atomic mass is 10.2. The van der Waals surface area contributed by atoms with E-state index >= 15 is 0 Å². The molecule has 0 saturated carbocycles.